The zero-order chi connectivity index (χ0) is 24.7. The molecule has 0 aromatic heterocycles. The Morgan fingerprint density at radius 1 is 0.941 bits per heavy atom. The molecule has 0 radical (unpaired) electrons. The van der Waals surface area contributed by atoms with E-state index in [1.165, 1.54) is 43.5 Å². The van der Waals surface area contributed by atoms with E-state index in [0.717, 1.165) is 27.6 Å². The van der Waals surface area contributed by atoms with E-state index in [4.69, 9.17) is 9.47 Å². The summed E-state index contributed by atoms with van der Waals surface area (Å²) < 4.78 is 51.8. The number of sulfonamides is 1. The average molecular weight is 487 g/mol. The summed E-state index contributed by atoms with van der Waals surface area (Å²) >= 11 is 0. The highest BCUT2D eigenvalue weighted by Gasteiger charge is 2.27. The summed E-state index contributed by atoms with van der Waals surface area (Å²) in [5.74, 6) is 0.152. The van der Waals surface area contributed by atoms with E-state index >= 15 is 0 Å². The summed E-state index contributed by atoms with van der Waals surface area (Å²) in [5.41, 5.74) is 2.30. The average Bonchev–Trinajstić information content (AvgIpc) is 2.80. The molecular formula is C25H27FN2O5S. The van der Waals surface area contributed by atoms with Gasteiger partial charge in [0.1, 0.15) is 30.5 Å². The molecule has 0 aliphatic heterocycles. The first-order valence-electron chi connectivity index (χ1n) is 10.6. The first-order valence-corrected chi connectivity index (χ1v) is 12.0. The Hall–Kier alpha value is -3.59. The molecule has 0 saturated heterocycles. The number of nitrogens with one attached hydrogen (secondary N) is 1. The number of anilines is 1. The van der Waals surface area contributed by atoms with Crippen molar-refractivity contribution in [1.82, 2.24) is 5.32 Å². The van der Waals surface area contributed by atoms with Gasteiger partial charge in [-0.1, -0.05) is 6.07 Å². The van der Waals surface area contributed by atoms with Gasteiger partial charge in [0, 0.05) is 0 Å². The number of amides is 1. The van der Waals surface area contributed by atoms with Gasteiger partial charge in [-0.2, -0.15) is 0 Å². The smallest absolute Gasteiger partial charge is 0.264 e. The zero-order valence-electron chi connectivity index (χ0n) is 19.2. The van der Waals surface area contributed by atoms with Gasteiger partial charge in [-0.15, -0.1) is 0 Å². The van der Waals surface area contributed by atoms with Crippen LogP contribution in [0.2, 0.25) is 0 Å². The van der Waals surface area contributed by atoms with E-state index in [1.807, 2.05) is 32.0 Å². The van der Waals surface area contributed by atoms with Gasteiger partial charge < -0.3 is 14.8 Å². The maximum absolute atomic E-state index is 13.4. The van der Waals surface area contributed by atoms with Crippen LogP contribution in [0.3, 0.4) is 0 Å². The minimum atomic E-state index is -4.11. The molecule has 180 valence electrons. The van der Waals surface area contributed by atoms with E-state index in [-0.39, 0.29) is 23.7 Å². The number of methoxy groups -OCH3 is 1. The fourth-order valence-electron chi connectivity index (χ4n) is 3.36. The molecule has 0 saturated carbocycles. The van der Waals surface area contributed by atoms with Crippen molar-refractivity contribution in [3.63, 3.8) is 0 Å². The van der Waals surface area contributed by atoms with E-state index in [2.05, 4.69) is 5.32 Å². The normalized spacial score (nSPS) is 11.1. The third-order valence-electron chi connectivity index (χ3n) is 4.94. The second kappa shape index (κ2) is 11.0. The monoisotopic (exact) mass is 486 g/mol. The summed E-state index contributed by atoms with van der Waals surface area (Å²) in [6.07, 6.45) is 0. The van der Waals surface area contributed by atoms with Crippen LogP contribution < -0.4 is 19.1 Å². The summed E-state index contributed by atoms with van der Waals surface area (Å²) in [5, 5.41) is 2.67. The Morgan fingerprint density at radius 3 is 2.15 bits per heavy atom. The molecule has 0 unspecified atom stereocenters. The van der Waals surface area contributed by atoms with Crippen molar-refractivity contribution in [2.75, 3.05) is 31.1 Å². The lowest BCUT2D eigenvalue weighted by Crippen LogP contribution is -2.41. The zero-order valence-corrected chi connectivity index (χ0v) is 20.1. The Bertz CT molecular complexity index is 1210. The number of halogens is 1. The lowest BCUT2D eigenvalue weighted by molar-refractivity contribution is -0.119. The van der Waals surface area contributed by atoms with Crippen molar-refractivity contribution in [2.24, 2.45) is 0 Å². The largest absolute Gasteiger partial charge is 0.497 e. The molecule has 7 nitrogen and oxygen atoms in total. The molecule has 3 rings (SSSR count). The molecular weight excluding hydrogens is 459 g/mol. The predicted molar refractivity (Wildman–Crippen MR) is 128 cm³/mol. The Kier molecular flexibility index (Phi) is 8.12. The third-order valence-corrected chi connectivity index (χ3v) is 6.73. The maximum atomic E-state index is 13.4. The summed E-state index contributed by atoms with van der Waals surface area (Å²) in [6.45, 7) is 3.86. The maximum Gasteiger partial charge on any atom is 0.264 e. The highest BCUT2D eigenvalue weighted by Crippen LogP contribution is 2.25. The van der Waals surface area contributed by atoms with Crippen LogP contribution in [0.25, 0.3) is 0 Å². The highest BCUT2D eigenvalue weighted by molar-refractivity contribution is 7.92. The molecule has 3 aromatic rings. The van der Waals surface area contributed by atoms with Gasteiger partial charge in [0.2, 0.25) is 5.91 Å². The first-order chi connectivity index (χ1) is 16.2. The van der Waals surface area contributed by atoms with Crippen LogP contribution >= 0.6 is 0 Å². The number of carbonyl (C=O) groups is 1. The number of benzene rings is 3. The summed E-state index contributed by atoms with van der Waals surface area (Å²) in [6, 6.07) is 16.5. The minimum absolute atomic E-state index is 0.0245. The number of hydrogen-bond acceptors (Lipinski definition) is 5. The molecule has 0 bridgehead atoms. The molecule has 3 aromatic carbocycles. The standard InChI is InChI=1S/C25H27FN2O5S/c1-18-14-19(2)16-23(15-18)33-13-12-27-25(29)17-28(21-6-4-20(26)5-7-21)34(30,31)24-10-8-22(32-3)9-11-24/h4-11,14-16H,12-13,17H2,1-3H3,(H,27,29). The Labute approximate surface area is 199 Å². The molecule has 0 spiro atoms. The first kappa shape index (κ1) is 25.0. The highest BCUT2D eigenvalue weighted by atomic mass is 32.2. The number of hydrogen-bond donors (Lipinski definition) is 1. The van der Waals surface area contributed by atoms with Crippen molar-refractivity contribution in [2.45, 2.75) is 18.7 Å². The van der Waals surface area contributed by atoms with Crippen LogP contribution in [0, 0.1) is 19.7 Å². The number of carbonyl (C=O) groups excluding carboxylic acids is 1. The van der Waals surface area contributed by atoms with E-state index in [0.29, 0.717) is 11.5 Å². The molecule has 0 aliphatic carbocycles. The fraction of sp³-hybridized carbons (Fsp3) is 0.240. The van der Waals surface area contributed by atoms with Crippen LogP contribution in [0.15, 0.2) is 71.6 Å². The Balaban J connectivity index is 1.70. The van der Waals surface area contributed by atoms with Crippen molar-refractivity contribution in [3.8, 4) is 11.5 Å². The van der Waals surface area contributed by atoms with Gasteiger partial charge in [0.25, 0.3) is 10.0 Å². The molecule has 34 heavy (non-hydrogen) atoms. The molecule has 9 heteroatoms. The third kappa shape index (κ3) is 6.48. The number of aryl methyl sites for hydroxylation is 2. The topological polar surface area (TPSA) is 84.9 Å². The SMILES string of the molecule is COc1ccc(S(=O)(=O)N(CC(=O)NCCOc2cc(C)cc(C)c2)c2ccc(F)cc2)cc1. The van der Waals surface area contributed by atoms with Gasteiger partial charge >= 0.3 is 0 Å². The summed E-state index contributed by atoms with van der Waals surface area (Å²) in [4.78, 5) is 12.6. The van der Waals surface area contributed by atoms with E-state index in [1.54, 1.807) is 0 Å². The molecule has 1 amide bonds. The van der Waals surface area contributed by atoms with E-state index < -0.39 is 28.3 Å². The molecule has 1 N–H and O–H groups in total. The lowest BCUT2D eigenvalue weighted by Gasteiger charge is -2.24. The van der Waals surface area contributed by atoms with Gasteiger partial charge in [-0.05, 0) is 85.6 Å². The predicted octanol–water partition coefficient (Wildman–Crippen LogP) is 3.84. The van der Waals surface area contributed by atoms with Gasteiger partial charge in [0.15, 0.2) is 0 Å². The fourth-order valence-corrected chi connectivity index (χ4v) is 4.78. The van der Waals surface area contributed by atoms with Crippen LogP contribution in [-0.2, 0) is 14.8 Å². The van der Waals surface area contributed by atoms with Crippen molar-refractivity contribution in [3.05, 3.63) is 83.7 Å². The lowest BCUT2D eigenvalue weighted by atomic mass is 10.1. The van der Waals surface area contributed by atoms with Crippen molar-refractivity contribution < 1.29 is 27.1 Å². The molecule has 0 fully saturated rings. The van der Waals surface area contributed by atoms with Crippen LogP contribution in [0.5, 0.6) is 11.5 Å². The van der Waals surface area contributed by atoms with Gasteiger partial charge in [0.05, 0.1) is 24.2 Å². The molecule has 0 atom stereocenters. The van der Waals surface area contributed by atoms with Crippen LogP contribution in [-0.4, -0.2) is 41.1 Å². The number of ether oxygens (including phenoxy) is 2. The van der Waals surface area contributed by atoms with Gasteiger partial charge in [-0.3, -0.25) is 9.10 Å². The second-order valence-corrected chi connectivity index (χ2v) is 9.55. The second-order valence-electron chi connectivity index (χ2n) is 7.69. The number of rotatable bonds is 10. The van der Waals surface area contributed by atoms with Crippen LogP contribution in [0.1, 0.15) is 11.1 Å². The van der Waals surface area contributed by atoms with Crippen LogP contribution in [0.4, 0.5) is 10.1 Å². The van der Waals surface area contributed by atoms with Crippen molar-refractivity contribution in [1.29, 1.82) is 0 Å². The van der Waals surface area contributed by atoms with Gasteiger partial charge in [-0.25, -0.2) is 12.8 Å². The van der Waals surface area contributed by atoms with E-state index in [9.17, 15) is 17.6 Å². The summed E-state index contributed by atoms with van der Waals surface area (Å²) in [7, 11) is -2.63. The number of nitrogens with zero attached hydrogens (tertiary/aromatic N) is 1. The molecule has 0 heterocycles. The minimum Gasteiger partial charge on any atom is -0.497 e. The van der Waals surface area contributed by atoms with Crippen molar-refractivity contribution >= 4 is 21.6 Å². The molecule has 0 aliphatic rings. The Morgan fingerprint density at radius 2 is 1.56 bits per heavy atom. The quantitative estimate of drug-likeness (QED) is 0.440.